The lowest BCUT2D eigenvalue weighted by molar-refractivity contribution is 0.509. The molecule has 1 aliphatic rings. The minimum Gasteiger partial charge on any atom is -0.363 e. The predicted octanol–water partition coefficient (Wildman–Crippen LogP) is 5.09. The van der Waals surface area contributed by atoms with Gasteiger partial charge in [-0.2, -0.15) is 0 Å². The van der Waals surface area contributed by atoms with Gasteiger partial charge in [0.2, 0.25) is 0 Å². The number of halogens is 3. The molecule has 0 radical (unpaired) electrons. The molecule has 8 heteroatoms. The van der Waals surface area contributed by atoms with Crippen LogP contribution in [0.2, 0.25) is 5.02 Å². The molecule has 1 aliphatic heterocycles. The van der Waals surface area contributed by atoms with E-state index >= 15 is 0 Å². The zero-order chi connectivity index (χ0) is 19.6. The van der Waals surface area contributed by atoms with E-state index in [0.717, 1.165) is 16.5 Å². The largest absolute Gasteiger partial charge is 0.363 e. The van der Waals surface area contributed by atoms with Gasteiger partial charge in [0.1, 0.15) is 17.6 Å². The Hall–Kier alpha value is -2.31. The summed E-state index contributed by atoms with van der Waals surface area (Å²) in [5.74, 6) is -0.169. The summed E-state index contributed by atoms with van der Waals surface area (Å²) in [6.07, 6.45) is 7.84. The van der Waals surface area contributed by atoms with Gasteiger partial charge >= 0.3 is 0 Å². The molecule has 5 nitrogen and oxygen atoms in total. The van der Waals surface area contributed by atoms with Crippen molar-refractivity contribution in [3.63, 3.8) is 0 Å². The molecule has 0 bridgehead atoms. The fourth-order valence-corrected chi connectivity index (χ4v) is 2.88. The Morgan fingerprint density at radius 3 is 2.89 bits per heavy atom. The van der Waals surface area contributed by atoms with Crippen molar-refractivity contribution in [1.29, 1.82) is 0 Å². The van der Waals surface area contributed by atoms with Crippen molar-refractivity contribution in [2.75, 3.05) is 0 Å². The van der Waals surface area contributed by atoms with Gasteiger partial charge in [0, 0.05) is 34.4 Å². The van der Waals surface area contributed by atoms with E-state index in [9.17, 15) is 4.39 Å². The topological polar surface area (TPSA) is 65.1 Å². The van der Waals surface area contributed by atoms with Crippen LogP contribution in [0.3, 0.4) is 0 Å². The molecule has 2 aromatic heterocycles. The number of H-pyrrole nitrogens is 1. The third kappa shape index (κ3) is 4.51. The Morgan fingerprint density at radius 1 is 1.37 bits per heavy atom. The molecule has 27 heavy (non-hydrogen) atoms. The van der Waals surface area contributed by atoms with Crippen LogP contribution in [0, 0.1) is 0 Å². The molecule has 3 rings (SSSR count). The fourth-order valence-electron chi connectivity index (χ4n) is 2.66. The van der Waals surface area contributed by atoms with Crippen LogP contribution in [0.4, 0.5) is 4.39 Å². The van der Waals surface area contributed by atoms with Crippen molar-refractivity contribution in [3.8, 4) is 0 Å². The van der Waals surface area contributed by atoms with Crippen molar-refractivity contribution in [3.05, 3.63) is 63.5 Å². The molecule has 2 atom stereocenters. The molecule has 0 spiro atoms. The summed E-state index contributed by atoms with van der Waals surface area (Å²) in [5, 5.41) is 8.31. The van der Waals surface area contributed by atoms with E-state index in [1.165, 1.54) is 6.21 Å². The van der Waals surface area contributed by atoms with Gasteiger partial charge < -0.3 is 15.6 Å². The number of allylic oxidation sites excluding steroid dienone is 4. The SMILES string of the molecule is C/C(Cl)=C\C=C(/C)C(C)NC1=C(F)C=NC(c2c[nH]c3ncc(Cl)cc23)N1. The molecule has 2 aromatic rings. The molecule has 2 unspecified atom stereocenters. The van der Waals surface area contributed by atoms with Gasteiger partial charge in [0.25, 0.3) is 0 Å². The first kappa shape index (κ1) is 19.5. The van der Waals surface area contributed by atoms with Crippen LogP contribution >= 0.6 is 23.2 Å². The number of aliphatic imine (C=N–C) groups is 1. The molecule has 0 aromatic carbocycles. The number of aromatic amines is 1. The molecule has 142 valence electrons. The lowest BCUT2D eigenvalue weighted by atomic mass is 10.1. The number of hydrogen-bond acceptors (Lipinski definition) is 4. The van der Waals surface area contributed by atoms with Gasteiger partial charge in [0.15, 0.2) is 5.83 Å². The van der Waals surface area contributed by atoms with Crippen molar-refractivity contribution in [2.24, 2.45) is 4.99 Å². The van der Waals surface area contributed by atoms with Crippen LogP contribution in [0.15, 0.2) is 57.9 Å². The standard InChI is InChI=1S/C19H20Cl2FN5/c1-10(4-5-11(2)20)12(3)26-19-16(22)9-25-18(27-19)15-8-24-17-14(15)6-13(21)7-23-17/h4-9,12,18,26-27H,1-3H3,(H,23,24)/b10-4+,11-5+. The van der Waals surface area contributed by atoms with E-state index < -0.39 is 12.0 Å². The van der Waals surface area contributed by atoms with Crippen LogP contribution in [-0.2, 0) is 0 Å². The smallest absolute Gasteiger partial charge is 0.180 e. The van der Waals surface area contributed by atoms with Crippen LogP contribution < -0.4 is 10.6 Å². The summed E-state index contributed by atoms with van der Waals surface area (Å²) in [6.45, 7) is 5.70. The van der Waals surface area contributed by atoms with Gasteiger partial charge in [-0.1, -0.05) is 34.9 Å². The summed E-state index contributed by atoms with van der Waals surface area (Å²) < 4.78 is 14.3. The number of nitrogens with zero attached hydrogens (tertiary/aromatic N) is 2. The Labute approximate surface area is 167 Å². The maximum atomic E-state index is 14.3. The molecule has 0 amide bonds. The molecule has 3 N–H and O–H groups in total. The number of hydrogen-bond donors (Lipinski definition) is 3. The van der Waals surface area contributed by atoms with Crippen molar-refractivity contribution >= 4 is 40.4 Å². The van der Waals surface area contributed by atoms with E-state index in [0.29, 0.717) is 15.7 Å². The Morgan fingerprint density at radius 2 is 2.15 bits per heavy atom. The molecule has 0 aliphatic carbocycles. The normalized spacial score (nSPS) is 19.4. The summed E-state index contributed by atoms with van der Waals surface area (Å²) in [6, 6.07) is 1.71. The highest BCUT2D eigenvalue weighted by molar-refractivity contribution is 6.31. The quantitative estimate of drug-likeness (QED) is 0.604. The minimum absolute atomic E-state index is 0.100. The van der Waals surface area contributed by atoms with Gasteiger partial charge in [0.05, 0.1) is 11.2 Å². The van der Waals surface area contributed by atoms with Crippen LogP contribution in [0.25, 0.3) is 11.0 Å². The molecule has 3 heterocycles. The zero-order valence-corrected chi connectivity index (χ0v) is 16.7. The first-order valence-corrected chi connectivity index (χ1v) is 9.20. The van der Waals surface area contributed by atoms with E-state index in [2.05, 4.69) is 25.6 Å². The van der Waals surface area contributed by atoms with Gasteiger partial charge in [-0.3, -0.25) is 4.99 Å². The Kier molecular flexibility index (Phi) is 5.87. The molecule has 0 saturated carbocycles. The third-order valence-corrected chi connectivity index (χ3v) is 4.63. The molecular weight excluding hydrogens is 388 g/mol. The Balaban J connectivity index is 1.80. The lowest BCUT2D eigenvalue weighted by Gasteiger charge is -2.25. The highest BCUT2D eigenvalue weighted by atomic mass is 35.5. The zero-order valence-electron chi connectivity index (χ0n) is 15.1. The number of fused-ring (bicyclic) bond motifs is 1. The van der Waals surface area contributed by atoms with Gasteiger partial charge in [-0.05, 0) is 32.9 Å². The average Bonchev–Trinajstić information content (AvgIpc) is 3.04. The second-order valence-electron chi connectivity index (χ2n) is 6.37. The number of aromatic nitrogens is 2. The van der Waals surface area contributed by atoms with Crippen molar-refractivity contribution in [2.45, 2.75) is 33.0 Å². The average molecular weight is 408 g/mol. The predicted molar refractivity (Wildman–Crippen MR) is 110 cm³/mol. The number of pyridine rings is 1. The number of rotatable bonds is 5. The van der Waals surface area contributed by atoms with E-state index in [1.54, 1.807) is 25.4 Å². The van der Waals surface area contributed by atoms with Crippen molar-refractivity contribution in [1.82, 2.24) is 20.6 Å². The van der Waals surface area contributed by atoms with E-state index in [-0.39, 0.29) is 11.9 Å². The van der Waals surface area contributed by atoms with Crippen LogP contribution in [-0.4, -0.2) is 22.2 Å². The third-order valence-electron chi connectivity index (χ3n) is 4.30. The fraction of sp³-hybridized carbons (Fsp3) is 0.263. The van der Waals surface area contributed by atoms with E-state index in [4.69, 9.17) is 23.2 Å². The maximum Gasteiger partial charge on any atom is 0.180 e. The second kappa shape index (κ2) is 8.15. The number of nitrogens with one attached hydrogen (secondary N) is 3. The van der Waals surface area contributed by atoms with Crippen LogP contribution in [0.5, 0.6) is 0 Å². The summed E-state index contributed by atoms with van der Waals surface area (Å²) in [4.78, 5) is 11.6. The summed E-state index contributed by atoms with van der Waals surface area (Å²) in [5.41, 5.74) is 2.55. The van der Waals surface area contributed by atoms with E-state index in [1.807, 2.05) is 26.0 Å². The van der Waals surface area contributed by atoms with Gasteiger partial charge in [-0.25, -0.2) is 9.37 Å². The maximum absolute atomic E-state index is 14.3. The first-order chi connectivity index (χ1) is 12.8. The summed E-state index contributed by atoms with van der Waals surface area (Å²) in [7, 11) is 0. The molecule has 0 fully saturated rings. The highest BCUT2D eigenvalue weighted by Gasteiger charge is 2.22. The summed E-state index contributed by atoms with van der Waals surface area (Å²) >= 11 is 11.9. The lowest BCUT2D eigenvalue weighted by Crippen LogP contribution is -2.38. The van der Waals surface area contributed by atoms with Gasteiger partial charge in [-0.15, -0.1) is 0 Å². The second-order valence-corrected chi connectivity index (χ2v) is 7.40. The minimum atomic E-state index is -0.456. The van der Waals surface area contributed by atoms with Crippen LogP contribution in [0.1, 0.15) is 32.5 Å². The van der Waals surface area contributed by atoms with Crippen molar-refractivity contribution < 1.29 is 4.39 Å². The Bertz CT molecular complexity index is 970. The highest BCUT2D eigenvalue weighted by Crippen LogP contribution is 2.28. The monoisotopic (exact) mass is 407 g/mol. The molecular formula is C19H20Cl2FN5. The first-order valence-electron chi connectivity index (χ1n) is 8.44. The molecule has 0 saturated heterocycles.